The van der Waals surface area contributed by atoms with E-state index < -0.39 is 0 Å². The highest BCUT2D eigenvalue weighted by Gasteiger charge is 2.23. The zero-order valence-electron chi connectivity index (χ0n) is 14.6. The molecular formula is C19H27N3O2. The monoisotopic (exact) mass is 329 g/mol. The summed E-state index contributed by atoms with van der Waals surface area (Å²) in [6, 6.07) is 6.04. The standard InChI is InChI=1S/C19H27N3O2/c1-14-11-17(19(24)12-15(14)2)13-21-7-4-16(5-8-21)18-3-6-20-22(18)9-10-23/h3,6,11-12,16,23-24H,4-5,7-10,13H2,1-2H3. The van der Waals surface area contributed by atoms with E-state index in [1.54, 1.807) is 0 Å². The van der Waals surface area contributed by atoms with Crippen molar-refractivity contribution < 1.29 is 10.2 Å². The lowest BCUT2D eigenvalue weighted by Crippen LogP contribution is -2.33. The fourth-order valence-corrected chi connectivity index (χ4v) is 3.59. The van der Waals surface area contributed by atoms with Crippen molar-refractivity contribution in [1.29, 1.82) is 0 Å². The number of rotatable bonds is 5. The van der Waals surface area contributed by atoms with Gasteiger partial charge in [0.2, 0.25) is 0 Å². The fourth-order valence-electron chi connectivity index (χ4n) is 3.59. The van der Waals surface area contributed by atoms with Crippen LogP contribution in [-0.4, -0.2) is 44.6 Å². The summed E-state index contributed by atoms with van der Waals surface area (Å²) in [5.74, 6) is 0.907. The van der Waals surface area contributed by atoms with Crippen LogP contribution in [-0.2, 0) is 13.1 Å². The molecule has 1 aromatic heterocycles. The number of aromatic nitrogens is 2. The minimum atomic E-state index is 0.125. The summed E-state index contributed by atoms with van der Waals surface area (Å²) >= 11 is 0. The van der Waals surface area contributed by atoms with E-state index in [2.05, 4.69) is 29.1 Å². The highest BCUT2D eigenvalue weighted by Crippen LogP contribution is 2.30. The van der Waals surface area contributed by atoms with Gasteiger partial charge < -0.3 is 10.2 Å². The van der Waals surface area contributed by atoms with Crippen molar-refractivity contribution >= 4 is 0 Å². The van der Waals surface area contributed by atoms with Gasteiger partial charge >= 0.3 is 0 Å². The normalized spacial score (nSPS) is 16.6. The van der Waals surface area contributed by atoms with E-state index in [1.165, 1.54) is 11.3 Å². The number of aliphatic hydroxyl groups excluding tert-OH is 1. The summed E-state index contributed by atoms with van der Waals surface area (Å²) in [6.07, 6.45) is 4.00. The molecule has 1 saturated heterocycles. The second kappa shape index (κ2) is 7.36. The molecule has 1 fully saturated rings. The largest absolute Gasteiger partial charge is 0.508 e. The van der Waals surface area contributed by atoms with E-state index in [0.29, 0.717) is 18.2 Å². The van der Waals surface area contributed by atoms with Gasteiger partial charge in [-0.25, -0.2) is 0 Å². The fraction of sp³-hybridized carbons (Fsp3) is 0.526. The van der Waals surface area contributed by atoms with E-state index >= 15 is 0 Å². The van der Waals surface area contributed by atoms with Crippen LogP contribution < -0.4 is 0 Å². The average Bonchev–Trinajstić information content (AvgIpc) is 3.02. The molecule has 0 unspecified atom stereocenters. The van der Waals surface area contributed by atoms with Crippen molar-refractivity contribution in [2.45, 2.75) is 45.7 Å². The summed E-state index contributed by atoms with van der Waals surface area (Å²) in [7, 11) is 0. The molecule has 130 valence electrons. The molecule has 1 aromatic carbocycles. The third kappa shape index (κ3) is 3.62. The predicted octanol–water partition coefficient (Wildman–Crippen LogP) is 2.58. The molecule has 2 heterocycles. The number of likely N-dealkylation sites (tertiary alicyclic amines) is 1. The van der Waals surface area contributed by atoms with Gasteiger partial charge in [0.1, 0.15) is 5.75 Å². The molecule has 0 radical (unpaired) electrons. The number of aryl methyl sites for hydroxylation is 2. The molecular weight excluding hydrogens is 302 g/mol. The second-order valence-corrected chi connectivity index (χ2v) is 6.82. The van der Waals surface area contributed by atoms with Gasteiger partial charge in [-0.3, -0.25) is 9.58 Å². The highest BCUT2D eigenvalue weighted by atomic mass is 16.3. The molecule has 1 aliphatic heterocycles. The first-order valence-corrected chi connectivity index (χ1v) is 8.72. The summed E-state index contributed by atoms with van der Waals surface area (Å²) in [6.45, 7) is 7.64. The number of nitrogens with zero attached hydrogens (tertiary/aromatic N) is 3. The molecule has 5 heteroatoms. The minimum absolute atomic E-state index is 0.125. The van der Waals surface area contributed by atoms with Crippen LogP contribution in [0.1, 0.15) is 41.1 Å². The van der Waals surface area contributed by atoms with Crippen LogP contribution in [0.5, 0.6) is 5.75 Å². The molecule has 24 heavy (non-hydrogen) atoms. The number of piperidine rings is 1. The number of hydrogen-bond donors (Lipinski definition) is 2. The molecule has 1 aliphatic rings. The predicted molar refractivity (Wildman–Crippen MR) is 94.1 cm³/mol. The Morgan fingerprint density at radius 1 is 1.17 bits per heavy atom. The molecule has 0 amide bonds. The molecule has 0 aliphatic carbocycles. The SMILES string of the molecule is Cc1cc(O)c(CN2CCC(c3ccnn3CCO)CC2)cc1C. The highest BCUT2D eigenvalue weighted by molar-refractivity contribution is 5.40. The van der Waals surface area contributed by atoms with Crippen molar-refractivity contribution in [2.75, 3.05) is 19.7 Å². The topological polar surface area (TPSA) is 61.5 Å². The van der Waals surface area contributed by atoms with Crippen LogP contribution >= 0.6 is 0 Å². The first-order valence-electron chi connectivity index (χ1n) is 8.72. The number of phenolic OH excluding ortho intramolecular Hbond substituents is 1. The Hall–Kier alpha value is -1.85. The maximum atomic E-state index is 10.2. The summed E-state index contributed by atoms with van der Waals surface area (Å²) < 4.78 is 1.93. The van der Waals surface area contributed by atoms with Gasteiger partial charge in [-0.1, -0.05) is 6.07 Å². The number of hydrogen-bond acceptors (Lipinski definition) is 4. The number of aliphatic hydroxyl groups is 1. The first kappa shape index (κ1) is 17.0. The van der Waals surface area contributed by atoms with Gasteiger partial charge in [0.25, 0.3) is 0 Å². The Kier molecular flexibility index (Phi) is 5.21. The van der Waals surface area contributed by atoms with Crippen LogP contribution in [0, 0.1) is 13.8 Å². The van der Waals surface area contributed by atoms with E-state index in [9.17, 15) is 5.11 Å². The lowest BCUT2D eigenvalue weighted by Gasteiger charge is -2.32. The van der Waals surface area contributed by atoms with E-state index in [1.807, 2.05) is 23.9 Å². The molecule has 0 atom stereocenters. The first-order chi connectivity index (χ1) is 11.6. The second-order valence-electron chi connectivity index (χ2n) is 6.82. The van der Waals surface area contributed by atoms with E-state index in [0.717, 1.165) is 43.6 Å². The molecule has 0 saturated carbocycles. The van der Waals surface area contributed by atoms with Crippen LogP contribution in [0.3, 0.4) is 0 Å². The Morgan fingerprint density at radius 2 is 1.88 bits per heavy atom. The van der Waals surface area contributed by atoms with Crippen LogP contribution in [0.2, 0.25) is 0 Å². The Balaban J connectivity index is 1.61. The van der Waals surface area contributed by atoms with Gasteiger partial charge in [-0.05, 0) is 63.0 Å². The van der Waals surface area contributed by atoms with Gasteiger partial charge in [-0.2, -0.15) is 5.10 Å². The number of aromatic hydroxyl groups is 1. The molecule has 5 nitrogen and oxygen atoms in total. The Morgan fingerprint density at radius 3 is 2.58 bits per heavy atom. The minimum Gasteiger partial charge on any atom is -0.508 e. The zero-order valence-corrected chi connectivity index (χ0v) is 14.6. The third-order valence-corrected chi connectivity index (χ3v) is 5.16. The van der Waals surface area contributed by atoms with Gasteiger partial charge in [-0.15, -0.1) is 0 Å². The molecule has 2 aromatic rings. The summed E-state index contributed by atoms with van der Waals surface area (Å²) in [5.41, 5.74) is 4.61. The van der Waals surface area contributed by atoms with Gasteiger partial charge in [0.05, 0.1) is 13.2 Å². The maximum Gasteiger partial charge on any atom is 0.120 e. The molecule has 0 spiro atoms. The molecule has 0 bridgehead atoms. The summed E-state index contributed by atoms with van der Waals surface area (Å²) in [5, 5.41) is 23.6. The smallest absolute Gasteiger partial charge is 0.120 e. The van der Waals surface area contributed by atoms with E-state index in [-0.39, 0.29) is 6.61 Å². The Bertz CT molecular complexity index is 688. The summed E-state index contributed by atoms with van der Waals surface area (Å²) in [4.78, 5) is 2.41. The Labute approximate surface area is 143 Å². The van der Waals surface area contributed by atoms with Gasteiger partial charge in [0.15, 0.2) is 0 Å². The van der Waals surface area contributed by atoms with Crippen molar-refractivity contribution in [2.24, 2.45) is 0 Å². The molecule has 3 rings (SSSR count). The molecule has 2 N–H and O–H groups in total. The van der Waals surface area contributed by atoms with Crippen LogP contribution in [0.25, 0.3) is 0 Å². The zero-order chi connectivity index (χ0) is 17.1. The van der Waals surface area contributed by atoms with Crippen molar-refractivity contribution in [3.63, 3.8) is 0 Å². The van der Waals surface area contributed by atoms with Crippen LogP contribution in [0.15, 0.2) is 24.4 Å². The van der Waals surface area contributed by atoms with E-state index in [4.69, 9.17) is 5.11 Å². The third-order valence-electron chi connectivity index (χ3n) is 5.16. The average molecular weight is 329 g/mol. The quantitative estimate of drug-likeness (QED) is 0.885. The van der Waals surface area contributed by atoms with Crippen molar-refractivity contribution in [3.8, 4) is 5.75 Å². The van der Waals surface area contributed by atoms with Crippen molar-refractivity contribution in [1.82, 2.24) is 14.7 Å². The number of benzene rings is 1. The maximum absolute atomic E-state index is 10.2. The van der Waals surface area contributed by atoms with Crippen molar-refractivity contribution in [3.05, 3.63) is 46.8 Å². The lowest BCUT2D eigenvalue weighted by atomic mass is 9.93. The van der Waals surface area contributed by atoms with Gasteiger partial charge in [0, 0.05) is 29.9 Å². The number of phenols is 1. The lowest BCUT2D eigenvalue weighted by molar-refractivity contribution is 0.197. The van der Waals surface area contributed by atoms with Crippen LogP contribution in [0.4, 0.5) is 0 Å².